The molecule has 1 rings (SSSR count). The van der Waals surface area contributed by atoms with Gasteiger partial charge in [-0.1, -0.05) is 30.3 Å². The number of hydrogen-bond donors (Lipinski definition) is 1. The summed E-state index contributed by atoms with van der Waals surface area (Å²) in [4.78, 5) is 0. The SMILES string of the molecule is OC(CCc1ccccc1)C(F)(F)C(F)(F)F. The fourth-order valence-corrected chi connectivity index (χ4v) is 1.32. The van der Waals surface area contributed by atoms with Crippen molar-refractivity contribution < 1.29 is 27.1 Å². The van der Waals surface area contributed by atoms with E-state index in [1.54, 1.807) is 30.3 Å². The second-order valence-electron chi connectivity index (χ2n) is 3.66. The average molecular weight is 254 g/mol. The molecule has 1 N–H and O–H groups in total. The van der Waals surface area contributed by atoms with Crippen LogP contribution < -0.4 is 0 Å². The highest BCUT2D eigenvalue weighted by Crippen LogP contribution is 2.39. The summed E-state index contributed by atoms with van der Waals surface area (Å²) in [6.45, 7) is 0. The van der Waals surface area contributed by atoms with E-state index in [9.17, 15) is 22.0 Å². The van der Waals surface area contributed by atoms with E-state index in [2.05, 4.69) is 0 Å². The van der Waals surface area contributed by atoms with Gasteiger partial charge in [-0.15, -0.1) is 0 Å². The number of rotatable bonds is 4. The largest absolute Gasteiger partial charge is 0.456 e. The molecular formula is C11H11F5O. The summed E-state index contributed by atoms with van der Waals surface area (Å²) in [6, 6.07) is 8.17. The summed E-state index contributed by atoms with van der Waals surface area (Å²) in [6.07, 6.45) is -9.12. The highest BCUT2D eigenvalue weighted by atomic mass is 19.4. The van der Waals surface area contributed by atoms with Gasteiger partial charge in [-0.25, -0.2) is 0 Å². The molecule has 0 heterocycles. The lowest BCUT2D eigenvalue weighted by atomic mass is 10.0. The summed E-state index contributed by atoms with van der Waals surface area (Å²) in [7, 11) is 0. The molecule has 0 aliphatic heterocycles. The van der Waals surface area contributed by atoms with Crippen LogP contribution in [0.1, 0.15) is 12.0 Å². The topological polar surface area (TPSA) is 20.2 Å². The Hall–Kier alpha value is -1.17. The zero-order valence-corrected chi connectivity index (χ0v) is 8.72. The highest BCUT2D eigenvalue weighted by molar-refractivity contribution is 5.14. The summed E-state index contributed by atoms with van der Waals surface area (Å²) in [5, 5.41) is 8.90. The lowest BCUT2D eigenvalue weighted by Gasteiger charge is -2.24. The van der Waals surface area contributed by atoms with E-state index < -0.39 is 24.6 Å². The van der Waals surface area contributed by atoms with E-state index in [0.717, 1.165) is 0 Å². The van der Waals surface area contributed by atoms with E-state index in [1.807, 2.05) is 0 Å². The molecule has 1 nitrogen and oxygen atoms in total. The normalized spacial score (nSPS) is 14.7. The van der Waals surface area contributed by atoms with E-state index in [-0.39, 0.29) is 6.42 Å². The Balaban J connectivity index is 2.59. The van der Waals surface area contributed by atoms with Crippen molar-refractivity contribution in [1.29, 1.82) is 0 Å². The van der Waals surface area contributed by atoms with E-state index in [1.165, 1.54) is 0 Å². The van der Waals surface area contributed by atoms with Crippen LogP contribution in [0.15, 0.2) is 30.3 Å². The molecule has 1 aromatic rings. The quantitative estimate of drug-likeness (QED) is 0.818. The first-order chi connectivity index (χ1) is 7.75. The number of aliphatic hydroxyl groups excluding tert-OH is 1. The molecule has 0 aliphatic carbocycles. The Morgan fingerprint density at radius 2 is 1.53 bits per heavy atom. The molecular weight excluding hydrogens is 243 g/mol. The van der Waals surface area contributed by atoms with E-state index in [4.69, 9.17) is 5.11 Å². The molecule has 0 fully saturated rings. The summed E-state index contributed by atoms with van der Waals surface area (Å²) >= 11 is 0. The Kier molecular flexibility index (Phi) is 4.08. The first-order valence-corrected chi connectivity index (χ1v) is 4.91. The Morgan fingerprint density at radius 1 is 1.00 bits per heavy atom. The van der Waals surface area contributed by atoms with Gasteiger partial charge in [0.15, 0.2) is 0 Å². The molecule has 0 aliphatic rings. The summed E-state index contributed by atoms with van der Waals surface area (Å²) in [5.41, 5.74) is 0.601. The van der Waals surface area contributed by atoms with Gasteiger partial charge in [-0.05, 0) is 18.4 Å². The third kappa shape index (κ3) is 3.39. The zero-order valence-electron chi connectivity index (χ0n) is 8.72. The molecule has 1 unspecified atom stereocenters. The van der Waals surface area contributed by atoms with Crippen LogP contribution in [0.3, 0.4) is 0 Å². The number of aliphatic hydroxyl groups is 1. The molecule has 17 heavy (non-hydrogen) atoms. The fraction of sp³-hybridized carbons (Fsp3) is 0.455. The Bertz CT molecular complexity index is 347. The van der Waals surface area contributed by atoms with E-state index in [0.29, 0.717) is 5.56 Å². The smallest absolute Gasteiger partial charge is 0.386 e. The van der Waals surface area contributed by atoms with Crippen molar-refractivity contribution in [3.05, 3.63) is 35.9 Å². The van der Waals surface area contributed by atoms with Crippen molar-refractivity contribution in [2.45, 2.75) is 31.0 Å². The van der Waals surface area contributed by atoms with Crippen LogP contribution in [0.4, 0.5) is 22.0 Å². The molecule has 0 spiro atoms. The van der Waals surface area contributed by atoms with Crippen LogP contribution >= 0.6 is 0 Å². The first kappa shape index (κ1) is 13.9. The number of aryl methyl sites for hydroxylation is 1. The van der Waals surface area contributed by atoms with Gasteiger partial charge in [0.1, 0.15) is 6.10 Å². The third-order valence-corrected chi connectivity index (χ3v) is 2.35. The minimum atomic E-state index is -5.72. The van der Waals surface area contributed by atoms with Gasteiger partial charge in [0.25, 0.3) is 0 Å². The Labute approximate surface area is 94.9 Å². The van der Waals surface area contributed by atoms with Crippen molar-refractivity contribution in [1.82, 2.24) is 0 Å². The predicted molar refractivity (Wildman–Crippen MR) is 51.8 cm³/mol. The van der Waals surface area contributed by atoms with Gasteiger partial charge in [-0.2, -0.15) is 22.0 Å². The second kappa shape index (κ2) is 5.00. The maximum absolute atomic E-state index is 12.7. The predicted octanol–water partition coefficient (Wildman–Crippen LogP) is 3.18. The first-order valence-electron chi connectivity index (χ1n) is 4.91. The van der Waals surface area contributed by atoms with Gasteiger partial charge in [-0.3, -0.25) is 0 Å². The standard InChI is InChI=1S/C11H11F5O/c12-10(13,11(14,15)16)9(17)7-6-8-4-2-1-3-5-8/h1-5,9,17H,6-7H2. The molecule has 0 radical (unpaired) electrons. The van der Waals surface area contributed by atoms with Crippen molar-refractivity contribution in [3.8, 4) is 0 Å². The molecule has 96 valence electrons. The van der Waals surface area contributed by atoms with Crippen LogP contribution in [0, 0.1) is 0 Å². The number of hydrogen-bond acceptors (Lipinski definition) is 1. The van der Waals surface area contributed by atoms with E-state index >= 15 is 0 Å². The van der Waals surface area contributed by atoms with Gasteiger partial charge in [0.2, 0.25) is 0 Å². The van der Waals surface area contributed by atoms with Gasteiger partial charge < -0.3 is 5.11 Å². The van der Waals surface area contributed by atoms with Crippen LogP contribution in [0.5, 0.6) is 0 Å². The molecule has 0 amide bonds. The minimum absolute atomic E-state index is 0.0341. The molecule has 1 atom stereocenters. The van der Waals surface area contributed by atoms with Crippen molar-refractivity contribution in [3.63, 3.8) is 0 Å². The summed E-state index contributed by atoms with van der Waals surface area (Å²) in [5.74, 6) is -5.07. The average Bonchev–Trinajstić information content (AvgIpc) is 2.25. The molecule has 1 aromatic carbocycles. The number of alkyl halides is 5. The van der Waals surface area contributed by atoms with Crippen molar-refractivity contribution in [2.24, 2.45) is 0 Å². The zero-order chi connectivity index (χ0) is 13.1. The molecule has 0 saturated carbocycles. The van der Waals surface area contributed by atoms with Crippen molar-refractivity contribution in [2.75, 3.05) is 0 Å². The second-order valence-corrected chi connectivity index (χ2v) is 3.66. The number of benzene rings is 1. The van der Waals surface area contributed by atoms with Gasteiger partial charge in [0, 0.05) is 0 Å². The van der Waals surface area contributed by atoms with Crippen LogP contribution in [-0.4, -0.2) is 23.3 Å². The third-order valence-electron chi connectivity index (χ3n) is 2.35. The number of halogens is 5. The van der Waals surface area contributed by atoms with Crippen LogP contribution in [-0.2, 0) is 6.42 Å². The monoisotopic (exact) mass is 254 g/mol. The molecule has 0 aromatic heterocycles. The maximum atomic E-state index is 12.7. The van der Waals surface area contributed by atoms with Crippen LogP contribution in [0.25, 0.3) is 0 Å². The lowest BCUT2D eigenvalue weighted by Crippen LogP contribution is -2.47. The molecule has 0 bridgehead atoms. The van der Waals surface area contributed by atoms with Crippen molar-refractivity contribution >= 4 is 0 Å². The van der Waals surface area contributed by atoms with Crippen LogP contribution in [0.2, 0.25) is 0 Å². The maximum Gasteiger partial charge on any atom is 0.456 e. The summed E-state index contributed by atoms with van der Waals surface area (Å²) < 4.78 is 61.0. The Morgan fingerprint density at radius 3 is 2.00 bits per heavy atom. The van der Waals surface area contributed by atoms with Gasteiger partial charge in [0.05, 0.1) is 0 Å². The highest BCUT2D eigenvalue weighted by Gasteiger charge is 2.61. The molecule has 0 saturated heterocycles. The minimum Gasteiger partial charge on any atom is -0.386 e. The van der Waals surface area contributed by atoms with Gasteiger partial charge >= 0.3 is 12.1 Å². The lowest BCUT2D eigenvalue weighted by molar-refractivity contribution is -0.313. The molecule has 6 heteroatoms. The fourth-order valence-electron chi connectivity index (χ4n) is 1.32.